The predicted octanol–water partition coefficient (Wildman–Crippen LogP) is -0.258. The van der Waals surface area contributed by atoms with Crippen LogP contribution in [0.4, 0.5) is 0 Å². The maximum Gasteiger partial charge on any atom is 0.306 e. The van der Waals surface area contributed by atoms with Crippen molar-refractivity contribution in [2.24, 2.45) is 0 Å². The molecule has 0 spiro atoms. The van der Waals surface area contributed by atoms with Gasteiger partial charge in [-0.2, -0.15) is 12.7 Å². The van der Waals surface area contributed by atoms with Crippen LogP contribution in [0, 0.1) is 0 Å². The molecular weight excluding hydrogens is 260 g/mol. The highest BCUT2D eigenvalue weighted by Gasteiger charge is 2.17. The monoisotopic (exact) mass is 282 g/mol. The Bertz CT molecular complexity index is 331. The lowest BCUT2D eigenvalue weighted by Gasteiger charge is -2.16. The molecule has 0 amide bonds. The van der Waals surface area contributed by atoms with Crippen LogP contribution in [-0.2, 0) is 24.5 Å². The molecule has 0 aromatic heterocycles. The van der Waals surface area contributed by atoms with E-state index in [9.17, 15) is 13.2 Å². The number of rotatable bonds is 10. The lowest BCUT2D eigenvalue weighted by molar-refractivity contribution is -0.140. The van der Waals surface area contributed by atoms with E-state index in [-0.39, 0.29) is 13.0 Å². The summed E-state index contributed by atoms with van der Waals surface area (Å²) >= 11 is 0. The molecule has 0 fully saturated rings. The molecule has 0 aliphatic rings. The quantitative estimate of drug-likeness (QED) is 0.441. The van der Waals surface area contributed by atoms with Gasteiger partial charge in [0.25, 0.3) is 10.2 Å². The summed E-state index contributed by atoms with van der Waals surface area (Å²) in [6, 6.07) is 0. The summed E-state index contributed by atoms with van der Waals surface area (Å²) in [4.78, 5) is 10.9. The first-order valence-electron chi connectivity index (χ1n) is 5.70. The highest BCUT2D eigenvalue weighted by molar-refractivity contribution is 7.87. The van der Waals surface area contributed by atoms with E-state index < -0.39 is 16.2 Å². The zero-order valence-corrected chi connectivity index (χ0v) is 12.0. The first-order valence-corrected chi connectivity index (χ1v) is 7.14. The first-order chi connectivity index (χ1) is 8.44. The summed E-state index contributed by atoms with van der Waals surface area (Å²) in [6.45, 7) is 1.06. The summed E-state index contributed by atoms with van der Waals surface area (Å²) in [5.41, 5.74) is 0. The number of nitrogens with one attached hydrogen (secondary N) is 1. The van der Waals surface area contributed by atoms with Crippen LogP contribution in [0.3, 0.4) is 0 Å². The van der Waals surface area contributed by atoms with Gasteiger partial charge in [0.2, 0.25) is 0 Å². The number of ether oxygens (including phenoxy) is 2. The van der Waals surface area contributed by atoms with Crippen molar-refractivity contribution in [1.29, 1.82) is 0 Å². The number of nitrogens with zero attached hydrogens (tertiary/aromatic N) is 1. The molecule has 8 heteroatoms. The smallest absolute Gasteiger partial charge is 0.306 e. The minimum Gasteiger partial charge on any atom is -0.469 e. The minimum absolute atomic E-state index is 0.0393. The van der Waals surface area contributed by atoms with Gasteiger partial charge in [0, 0.05) is 33.9 Å². The van der Waals surface area contributed by atoms with E-state index in [1.165, 1.54) is 14.2 Å². The third-order valence-electron chi connectivity index (χ3n) is 2.33. The topological polar surface area (TPSA) is 84.9 Å². The van der Waals surface area contributed by atoms with Crippen LogP contribution in [0.5, 0.6) is 0 Å². The number of unbranched alkanes of at least 4 members (excludes halogenated alkanes) is 1. The van der Waals surface area contributed by atoms with Crippen LogP contribution >= 0.6 is 0 Å². The van der Waals surface area contributed by atoms with Crippen LogP contribution in [0.25, 0.3) is 0 Å². The average molecular weight is 282 g/mol. The molecule has 1 N–H and O–H groups in total. The van der Waals surface area contributed by atoms with Crippen LogP contribution < -0.4 is 4.72 Å². The van der Waals surface area contributed by atoms with Crippen LogP contribution in [0.15, 0.2) is 0 Å². The molecule has 18 heavy (non-hydrogen) atoms. The van der Waals surface area contributed by atoms with Crippen molar-refractivity contribution in [2.75, 3.05) is 41.0 Å². The normalized spacial score (nSPS) is 11.8. The van der Waals surface area contributed by atoms with E-state index in [4.69, 9.17) is 4.74 Å². The standard InChI is InChI=1S/C10H22N2O5S/c1-12(8-6-10(13)17-3)18(14,15)11-7-4-5-9-16-2/h11H,4-9H2,1-3H3. The molecule has 0 rings (SSSR count). The zero-order chi connectivity index (χ0) is 14.0. The Morgan fingerprint density at radius 1 is 1.28 bits per heavy atom. The van der Waals surface area contributed by atoms with E-state index in [1.807, 2.05) is 0 Å². The van der Waals surface area contributed by atoms with Crippen molar-refractivity contribution in [3.8, 4) is 0 Å². The Labute approximate surface area is 109 Å². The summed E-state index contributed by atoms with van der Waals surface area (Å²) in [5.74, 6) is -0.433. The number of carbonyl (C=O) groups is 1. The number of hydrogen-bond donors (Lipinski definition) is 1. The van der Waals surface area contributed by atoms with Crippen molar-refractivity contribution >= 4 is 16.2 Å². The van der Waals surface area contributed by atoms with Crippen molar-refractivity contribution < 1.29 is 22.7 Å². The number of esters is 1. The molecule has 0 aliphatic heterocycles. The van der Waals surface area contributed by atoms with Crippen molar-refractivity contribution in [3.05, 3.63) is 0 Å². The van der Waals surface area contributed by atoms with Gasteiger partial charge in [0.1, 0.15) is 0 Å². The summed E-state index contributed by atoms with van der Waals surface area (Å²) < 4.78 is 36.2. The molecule has 0 saturated heterocycles. The summed E-state index contributed by atoms with van der Waals surface area (Å²) in [7, 11) is 0.771. The SMILES string of the molecule is COCCCCNS(=O)(=O)N(C)CCC(=O)OC. The average Bonchev–Trinajstić information content (AvgIpc) is 2.34. The van der Waals surface area contributed by atoms with Gasteiger partial charge in [-0.1, -0.05) is 0 Å². The van der Waals surface area contributed by atoms with Crippen LogP contribution in [0.2, 0.25) is 0 Å². The molecule has 0 aromatic rings. The minimum atomic E-state index is -3.52. The maximum atomic E-state index is 11.7. The zero-order valence-electron chi connectivity index (χ0n) is 11.1. The number of carbonyl (C=O) groups excluding carboxylic acids is 1. The van der Waals surface area contributed by atoms with Gasteiger partial charge < -0.3 is 9.47 Å². The molecule has 0 aliphatic carbocycles. The third kappa shape index (κ3) is 7.59. The van der Waals surface area contributed by atoms with Crippen molar-refractivity contribution in [2.45, 2.75) is 19.3 Å². The van der Waals surface area contributed by atoms with E-state index in [0.717, 1.165) is 10.7 Å². The molecule has 0 bridgehead atoms. The van der Waals surface area contributed by atoms with Gasteiger partial charge in [0.15, 0.2) is 0 Å². The fraction of sp³-hybridized carbons (Fsp3) is 0.900. The Balaban J connectivity index is 3.92. The molecule has 0 unspecified atom stereocenters. The van der Waals surface area contributed by atoms with Gasteiger partial charge >= 0.3 is 5.97 Å². The van der Waals surface area contributed by atoms with E-state index in [0.29, 0.717) is 19.6 Å². The van der Waals surface area contributed by atoms with Gasteiger partial charge in [-0.15, -0.1) is 0 Å². The Hall–Kier alpha value is -0.700. The highest BCUT2D eigenvalue weighted by Crippen LogP contribution is 1.98. The number of hydrogen-bond acceptors (Lipinski definition) is 5. The molecule has 108 valence electrons. The van der Waals surface area contributed by atoms with Gasteiger partial charge in [0.05, 0.1) is 13.5 Å². The van der Waals surface area contributed by atoms with Crippen molar-refractivity contribution in [1.82, 2.24) is 9.03 Å². The molecule has 0 atom stereocenters. The third-order valence-corrected chi connectivity index (χ3v) is 3.90. The molecule has 0 heterocycles. The Kier molecular flexibility index (Phi) is 8.90. The van der Waals surface area contributed by atoms with Crippen LogP contribution in [-0.4, -0.2) is 59.7 Å². The maximum absolute atomic E-state index is 11.7. The van der Waals surface area contributed by atoms with E-state index >= 15 is 0 Å². The van der Waals surface area contributed by atoms with E-state index in [1.54, 1.807) is 7.11 Å². The van der Waals surface area contributed by atoms with E-state index in [2.05, 4.69) is 9.46 Å². The Morgan fingerprint density at radius 2 is 1.94 bits per heavy atom. The van der Waals surface area contributed by atoms with Gasteiger partial charge in [-0.25, -0.2) is 4.72 Å². The van der Waals surface area contributed by atoms with Crippen LogP contribution in [0.1, 0.15) is 19.3 Å². The highest BCUT2D eigenvalue weighted by atomic mass is 32.2. The molecular formula is C10H22N2O5S. The molecule has 0 aromatic carbocycles. The predicted molar refractivity (Wildman–Crippen MR) is 67.3 cm³/mol. The first kappa shape index (κ1) is 17.3. The summed E-state index contributed by atoms with van der Waals surface area (Å²) in [5, 5.41) is 0. The summed E-state index contributed by atoms with van der Waals surface area (Å²) in [6.07, 6.45) is 1.54. The van der Waals surface area contributed by atoms with Gasteiger partial charge in [-0.05, 0) is 12.8 Å². The fourth-order valence-corrected chi connectivity index (χ4v) is 2.11. The lowest BCUT2D eigenvalue weighted by Crippen LogP contribution is -2.39. The molecule has 0 saturated carbocycles. The second-order valence-corrected chi connectivity index (χ2v) is 5.61. The van der Waals surface area contributed by atoms with Gasteiger partial charge in [-0.3, -0.25) is 4.79 Å². The number of methoxy groups -OCH3 is 2. The molecule has 0 radical (unpaired) electrons. The fourth-order valence-electron chi connectivity index (χ4n) is 1.15. The second-order valence-electron chi connectivity index (χ2n) is 3.75. The second kappa shape index (κ2) is 9.26. The Morgan fingerprint density at radius 3 is 2.50 bits per heavy atom. The molecule has 7 nitrogen and oxygen atoms in total. The lowest BCUT2D eigenvalue weighted by atomic mass is 10.3. The largest absolute Gasteiger partial charge is 0.469 e. The van der Waals surface area contributed by atoms with Crippen molar-refractivity contribution in [3.63, 3.8) is 0 Å².